The Morgan fingerprint density at radius 3 is 2.75 bits per heavy atom. The predicted octanol–water partition coefficient (Wildman–Crippen LogP) is 3.48. The van der Waals surface area contributed by atoms with Gasteiger partial charge < -0.3 is 10.6 Å². The number of thiazole rings is 1. The van der Waals surface area contributed by atoms with Crippen molar-refractivity contribution in [2.75, 3.05) is 13.1 Å². The summed E-state index contributed by atoms with van der Waals surface area (Å²) in [4.78, 5) is 4.99. The zero-order valence-electron chi connectivity index (χ0n) is 13.5. The van der Waals surface area contributed by atoms with Crippen molar-refractivity contribution in [2.24, 2.45) is 5.92 Å². The monoisotopic (exact) mass is 295 g/mol. The summed E-state index contributed by atoms with van der Waals surface area (Å²) in [5.74, 6) is 1.13. The summed E-state index contributed by atoms with van der Waals surface area (Å²) in [5, 5.41) is 11.0. The minimum absolute atomic E-state index is 0.0615. The average Bonchev–Trinajstić information content (AvgIpc) is 2.88. The first-order valence-electron chi connectivity index (χ1n) is 7.94. The minimum Gasteiger partial charge on any atom is -0.316 e. The van der Waals surface area contributed by atoms with Crippen LogP contribution in [-0.4, -0.2) is 24.1 Å². The molecule has 114 valence electrons. The summed E-state index contributed by atoms with van der Waals surface area (Å²) in [7, 11) is 0. The van der Waals surface area contributed by atoms with Gasteiger partial charge in [-0.15, -0.1) is 11.3 Å². The Balaban J connectivity index is 2.38. The Morgan fingerprint density at radius 1 is 1.45 bits per heavy atom. The van der Waals surface area contributed by atoms with Crippen LogP contribution in [0.5, 0.6) is 0 Å². The largest absolute Gasteiger partial charge is 0.316 e. The Kier molecular flexibility index (Phi) is 5.21. The molecule has 1 saturated heterocycles. The second-order valence-corrected chi connectivity index (χ2v) is 7.42. The molecule has 0 amide bonds. The van der Waals surface area contributed by atoms with E-state index in [0.717, 1.165) is 19.5 Å². The van der Waals surface area contributed by atoms with Gasteiger partial charge in [0.15, 0.2) is 0 Å². The van der Waals surface area contributed by atoms with Crippen LogP contribution in [0.2, 0.25) is 0 Å². The third kappa shape index (κ3) is 3.07. The smallest absolute Gasteiger partial charge is 0.113 e. The van der Waals surface area contributed by atoms with Gasteiger partial charge in [-0.2, -0.15) is 0 Å². The van der Waals surface area contributed by atoms with Crippen LogP contribution in [0, 0.1) is 5.92 Å². The van der Waals surface area contributed by atoms with E-state index in [9.17, 15) is 0 Å². The maximum atomic E-state index is 4.99. The lowest BCUT2D eigenvalue weighted by Gasteiger charge is -2.45. The first kappa shape index (κ1) is 15.9. The molecule has 20 heavy (non-hydrogen) atoms. The summed E-state index contributed by atoms with van der Waals surface area (Å²) in [6, 6.07) is 0.480. The van der Waals surface area contributed by atoms with Crippen LogP contribution in [0.3, 0.4) is 0 Å². The molecule has 1 aliphatic rings. The first-order chi connectivity index (χ1) is 9.49. The SMILES string of the molecule is CCC1CNCCC1(NC(C)C)c1nc(C(C)C)cs1. The van der Waals surface area contributed by atoms with Gasteiger partial charge >= 0.3 is 0 Å². The molecule has 0 aliphatic carbocycles. The molecule has 2 unspecified atom stereocenters. The van der Waals surface area contributed by atoms with Gasteiger partial charge in [0.1, 0.15) is 5.01 Å². The van der Waals surface area contributed by atoms with E-state index in [1.54, 1.807) is 0 Å². The molecule has 4 heteroatoms. The Morgan fingerprint density at radius 2 is 2.20 bits per heavy atom. The fourth-order valence-corrected chi connectivity index (χ4v) is 4.49. The third-order valence-electron chi connectivity index (χ3n) is 4.32. The lowest BCUT2D eigenvalue weighted by atomic mass is 9.76. The summed E-state index contributed by atoms with van der Waals surface area (Å²) in [5.41, 5.74) is 1.30. The Bertz CT molecular complexity index is 427. The van der Waals surface area contributed by atoms with Crippen molar-refractivity contribution in [3.8, 4) is 0 Å². The summed E-state index contributed by atoms with van der Waals surface area (Å²) >= 11 is 1.84. The first-order valence-corrected chi connectivity index (χ1v) is 8.82. The second-order valence-electron chi connectivity index (χ2n) is 6.56. The van der Waals surface area contributed by atoms with E-state index in [-0.39, 0.29) is 5.54 Å². The standard InChI is InChI=1S/C16H29N3S/c1-6-13-9-17-8-7-16(13,19-12(4)5)15-18-14(10-20-15)11(2)3/h10-13,17,19H,6-9H2,1-5H3. The molecule has 0 radical (unpaired) electrons. The molecular formula is C16H29N3S. The van der Waals surface area contributed by atoms with E-state index in [0.29, 0.717) is 17.9 Å². The van der Waals surface area contributed by atoms with E-state index < -0.39 is 0 Å². The van der Waals surface area contributed by atoms with Crippen molar-refractivity contribution in [3.63, 3.8) is 0 Å². The Labute approximate surface area is 127 Å². The molecule has 1 aromatic rings. The van der Waals surface area contributed by atoms with Crippen LogP contribution in [0.1, 0.15) is 64.1 Å². The summed E-state index contributed by atoms with van der Waals surface area (Å²) in [6.07, 6.45) is 2.32. The normalized spacial score (nSPS) is 27.4. The molecule has 3 nitrogen and oxygen atoms in total. The Hall–Kier alpha value is -0.450. The van der Waals surface area contributed by atoms with Crippen LogP contribution in [0.15, 0.2) is 5.38 Å². The van der Waals surface area contributed by atoms with Gasteiger partial charge in [0.05, 0.1) is 11.2 Å². The van der Waals surface area contributed by atoms with Crippen LogP contribution < -0.4 is 10.6 Å². The van der Waals surface area contributed by atoms with E-state index >= 15 is 0 Å². The maximum absolute atomic E-state index is 4.99. The zero-order valence-corrected chi connectivity index (χ0v) is 14.3. The van der Waals surface area contributed by atoms with Gasteiger partial charge in [-0.1, -0.05) is 20.8 Å². The van der Waals surface area contributed by atoms with Crippen molar-refractivity contribution >= 4 is 11.3 Å². The lowest BCUT2D eigenvalue weighted by Crippen LogP contribution is -2.58. The molecular weight excluding hydrogens is 266 g/mol. The van der Waals surface area contributed by atoms with Crippen LogP contribution >= 0.6 is 11.3 Å². The molecule has 0 aromatic carbocycles. The van der Waals surface area contributed by atoms with E-state index in [2.05, 4.69) is 50.6 Å². The number of aromatic nitrogens is 1. The molecule has 1 aliphatic heterocycles. The van der Waals surface area contributed by atoms with E-state index in [1.165, 1.54) is 17.1 Å². The fourth-order valence-electron chi connectivity index (χ4n) is 3.24. The van der Waals surface area contributed by atoms with Crippen LogP contribution in [0.25, 0.3) is 0 Å². The topological polar surface area (TPSA) is 37.0 Å². The maximum Gasteiger partial charge on any atom is 0.113 e. The molecule has 0 bridgehead atoms. The van der Waals surface area contributed by atoms with Crippen molar-refractivity contribution in [1.82, 2.24) is 15.6 Å². The number of rotatable bonds is 5. The van der Waals surface area contributed by atoms with Crippen molar-refractivity contribution in [1.29, 1.82) is 0 Å². The number of nitrogens with one attached hydrogen (secondary N) is 2. The average molecular weight is 295 g/mol. The summed E-state index contributed by atoms with van der Waals surface area (Å²) in [6.45, 7) is 13.4. The van der Waals surface area contributed by atoms with Gasteiger partial charge in [0.25, 0.3) is 0 Å². The molecule has 2 heterocycles. The zero-order chi connectivity index (χ0) is 14.8. The van der Waals surface area contributed by atoms with E-state index in [4.69, 9.17) is 4.98 Å². The molecule has 2 atom stereocenters. The molecule has 0 saturated carbocycles. The van der Waals surface area contributed by atoms with Crippen LogP contribution in [-0.2, 0) is 5.54 Å². The lowest BCUT2D eigenvalue weighted by molar-refractivity contribution is 0.137. The molecule has 1 fully saturated rings. The fraction of sp³-hybridized carbons (Fsp3) is 0.812. The highest BCUT2D eigenvalue weighted by molar-refractivity contribution is 7.09. The van der Waals surface area contributed by atoms with Gasteiger partial charge in [-0.05, 0) is 45.1 Å². The van der Waals surface area contributed by atoms with Gasteiger partial charge in [-0.25, -0.2) is 4.98 Å². The summed E-state index contributed by atoms with van der Waals surface area (Å²) < 4.78 is 0. The van der Waals surface area contributed by atoms with Crippen molar-refractivity contribution in [3.05, 3.63) is 16.1 Å². The molecule has 2 N–H and O–H groups in total. The predicted molar refractivity (Wildman–Crippen MR) is 87.4 cm³/mol. The van der Waals surface area contributed by atoms with Gasteiger partial charge in [0, 0.05) is 18.0 Å². The third-order valence-corrected chi connectivity index (χ3v) is 5.36. The van der Waals surface area contributed by atoms with Gasteiger partial charge in [0.2, 0.25) is 0 Å². The van der Waals surface area contributed by atoms with E-state index in [1.807, 2.05) is 11.3 Å². The molecule has 0 spiro atoms. The molecule has 2 rings (SSSR count). The number of nitrogens with zero attached hydrogens (tertiary/aromatic N) is 1. The van der Waals surface area contributed by atoms with Gasteiger partial charge in [-0.3, -0.25) is 0 Å². The highest BCUT2D eigenvalue weighted by atomic mass is 32.1. The highest BCUT2D eigenvalue weighted by Gasteiger charge is 2.43. The number of piperidine rings is 1. The number of hydrogen-bond donors (Lipinski definition) is 2. The second kappa shape index (κ2) is 6.54. The minimum atomic E-state index is 0.0615. The number of hydrogen-bond acceptors (Lipinski definition) is 4. The quantitative estimate of drug-likeness (QED) is 0.873. The van der Waals surface area contributed by atoms with Crippen molar-refractivity contribution in [2.45, 2.75) is 65.0 Å². The highest BCUT2D eigenvalue weighted by Crippen LogP contribution is 2.39. The molecule has 1 aromatic heterocycles. The van der Waals surface area contributed by atoms with Crippen molar-refractivity contribution < 1.29 is 0 Å². The van der Waals surface area contributed by atoms with Crippen LogP contribution in [0.4, 0.5) is 0 Å².